The normalized spacial score (nSPS) is 27.8. The first-order valence-electron chi connectivity index (χ1n) is 8.26. The Hall–Kier alpha value is -2.02. The van der Waals surface area contributed by atoms with E-state index in [0.29, 0.717) is 5.56 Å². The molecule has 12 heteroatoms. The SMILES string of the molecule is CC1(C)[C@H](C(=O)OCc2ccccc2)N2C(=O)[C@@H](COS(=O)(=O)O)[C@H]2S1(=O)=O. The van der Waals surface area contributed by atoms with Gasteiger partial charge >= 0.3 is 16.4 Å². The van der Waals surface area contributed by atoms with Crippen LogP contribution in [0.2, 0.25) is 0 Å². The van der Waals surface area contributed by atoms with Crippen molar-refractivity contribution in [2.75, 3.05) is 6.61 Å². The van der Waals surface area contributed by atoms with Crippen molar-refractivity contribution in [3.63, 3.8) is 0 Å². The predicted molar refractivity (Wildman–Crippen MR) is 94.6 cm³/mol. The number of benzene rings is 1. The zero-order valence-corrected chi connectivity index (χ0v) is 16.6. The monoisotopic (exact) mass is 433 g/mol. The Bertz CT molecular complexity index is 1000. The lowest BCUT2D eigenvalue weighted by Gasteiger charge is -2.42. The van der Waals surface area contributed by atoms with Gasteiger partial charge in [0, 0.05) is 0 Å². The summed E-state index contributed by atoms with van der Waals surface area (Å²) in [6.45, 7) is 1.69. The molecule has 0 radical (unpaired) electrons. The smallest absolute Gasteiger partial charge is 0.397 e. The van der Waals surface area contributed by atoms with Crippen LogP contribution < -0.4 is 0 Å². The first kappa shape index (κ1) is 20.7. The Morgan fingerprint density at radius 3 is 2.43 bits per heavy atom. The number of esters is 1. The third-order valence-electron chi connectivity index (χ3n) is 5.02. The van der Waals surface area contributed by atoms with Gasteiger partial charge in [-0.3, -0.25) is 9.35 Å². The molecule has 0 spiro atoms. The number of sulfone groups is 1. The van der Waals surface area contributed by atoms with E-state index < -0.39 is 60.8 Å². The number of amides is 1. The van der Waals surface area contributed by atoms with Crippen LogP contribution in [0.25, 0.3) is 0 Å². The summed E-state index contributed by atoms with van der Waals surface area (Å²) < 4.78 is 63.7. The van der Waals surface area contributed by atoms with Crippen molar-refractivity contribution in [2.45, 2.75) is 36.6 Å². The number of rotatable bonds is 6. The molecule has 0 saturated carbocycles. The Kier molecular flexibility index (Phi) is 5.02. The summed E-state index contributed by atoms with van der Waals surface area (Å²) in [5.74, 6) is -2.97. The maximum Gasteiger partial charge on any atom is 0.397 e. The number of β-lactam (4-membered cyclic amide) rings is 1. The fourth-order valence-corrected chi connectivity index (χ4v) is 6.12. The molecule has 0 aliphatic carbocycles. The Labute approximate surface area is 162 Å². The van der Waals surface area contributed by atoms with Gasteiger partial charge in [-0.05, 0) is 19.4 Å². The van der Waals surface area contributed by atoms with Gasteiger partial charge in [0.1, 0.15) is 18.0 Å². The molecule has 2 heterocycles. The molecule has 1 aromatic carbocycles. The summed E-state index contributed by atoms with van der Waals surface area (Å²) in [6.07, 6.45) is 0. The molecule has 2 fully saturated rings. The third-order valence-corrected chi connectivity index (χ3v) is 8.34. The van der Waals surface area contributed by atoms with Gasteiger partial charge in [0.2, 0.25) is 5.91 Å². The highest BCUT2D eigenvalue weighted by molar-refractivity contribution is 7.93. The number of nitrogens with zero attached hydrogens (tertiary/aromatic N) is 1. The van der Waals surface area contributed by atoms with E-state index in [2.05, 4.69) is 4.18 Å². The topological polar surface area (TPSA) is 144 Å². The van der Waals surface area contributed by atoms with Crippen LogP contribution in [0.4, 0.5) is 0 Å². The molecule has 154 valence electrons. The van der Waals surface area contributed by atoms with E-state index in [-0.39, 0.29) is 6.61 Å². The van der Waals surface area contributed by atoms with Gasteiger partial charge in [0.15, 0.2) is 9.84 Å². The molecule has 2 aliphatic heterocycles. The molecule has 0 unspecified atom stereocenters. The molecule has 3 atom stereocenters. The minimum absolute atomic E-state index is 0.0890. The molecule has 2 aliphatic rings. The van der Waals surface area contributed by atoms with Crippen molar-refractivity contribution in [1.29, 1.82) is 0 Å². The average molecular weight is 433 g/mol. The van der Waals surface area contributed by atoms with Crippen LogP contribution in [0.5, 0.6) is 0 Å². The predicted octanol–water partition coefficient (Wildman–Crippen LogP) is -0.0907. The minimum atomic E-state index is -4.84. The van der Waals surface area contributed by atoms with E-state index in [1.165, 1.54) is 13.8 Å². The van der Waals surface area contributed by atoms with Gasteiger partial charge in [-0.2, -0.15) is 8.42 Å². The minimum Gasteiger partial charge on any atom is -0.459 e. The van der Waals surface area contributed by atoms with Gasteiger partial charge in [-0.1, -0.05) is 30.3 Å². The second-order valence-electron chi connectivity index (χ2n) is 7.10. The second kappa shape index (κ2) is 6.79. The lowest BCUT2D eigenvalue weighted by Crippen LogP contribution is -2.64. The number of ether oxygens (including phenoxy) is 1. The van der Waals surface area contributed by atoms with Crippen LogP contribution >= 0.6 is 0 Å². The second-order valence-corrected chi connectivity index (χ2v) is 10.8. The molecular formula is C16H19NO9S2. The molecular weight excluding hydrogens is 414 g/mol. The van der Waals surface area contributed by atoms with Crippen molar-refractivity contribution in [2.24, 2.45) is 5.92 Å². The summed E-state index contributed by atoms with van der Waals surface area (Å²) in [7, 11) is -8.88. The number of carbonyl (C=O) groups is 2. The maximum atomic E-state index is 12.9. The van der Waals surface area contributed by atoms with Crippen molar-refractivity contribution in [3.05, 3.63) is 35.9 Å². The fraction of sp³-hybridized carbons (Fsp3) is 0.500. The molecule has 0 aromatic heterocycles. The Balaban J connectivity index is 1.81. The summed E-state index contributed by atoms with van der Waals surface area (Å²) in [5.41, 5.74) is 0.695. The van der Waals surface area contributed by atoms with Crippen LogP contribution in [-0.4, -0.2) is 60.9 Å². The molecule has 2 saturated heterocycles. The molecule has 10 nitrogen and oxygen atoms in total. The molecule has 3 rings (SSSR count). The van der Waals surface area contributed by atoms with E-state index >= 15 is 0 Å². The highest BCUT2D eigenvalue weighted by Crippen LogP contribution is 2.49. The summed E-state index contributed by atoms with van der Waals surface area (Å²) >= 11 is 0. The van der Waals surface area contributed by atoms with Crippen LogP contribution in [0.1, 0.15) is 19.4 Å². The zero-order valence-electron chi connectivity index (χ0n) is 15.0. The lowest BCUT2D eigenvalue weighted by molar-refractivity contribution is -0.168. The number of carbonyl (C=O) groups excluding carboxylic acids is 2. The Morgan fingerprint density at radius 2 is 1.86 bits per heavy atom. The van der Waals surface area contributed by atoms with E-state index in [4.69, 9.17) is 9.29 Å². The first-order chi connectivity index (χ1) is 12.9. The summed E-state index contributed by atoms with van der Waals surface area (Å²) in [4.78, 5) is 25.9. The number of hydrogen-bond acceptors (Lipinski definition) is 8. The van der Waals surface area contributed by atoms with Crippen molar-refractivity contribution in [3.8, 4) is 0 Å². The van der Waals surface area contributed by atoms with Gasteiger partial charge in [0.25, 0.3) is 0 Å². The van der Waals surface area contributed by atoms with Gasteiger partial charge < -0.3 is 9.64 Å². The van der Waals surface area contributed by atoms with Crippen LogP contribution in [0.15, 0.2) is 30.3 Å². The molecule has 0 bridgehead atoms. The van der Waals surface area contributed by atoms with Gasteiger partial charge in [-0.25, -0.2) is 17.4 Å². The standard InChI is InChI=1S/C16H19NO9S2/c1-16(2)12(15(19)25-8-10-6-4-3-5-7-10)17-13(18)11(9-26-28(22,23)24)14(17)27(16,20)21/h3-7,11-12,14H,8-9H2,1-2H3,(H,22,23,24)/t11-,12+,14-/m1/s1. The lowest BCUT2D eigenvalue weighted by atomic mass is 9.92. The van der Waals surface area contributed by atoms with E-state index in [1.807, 2.05) is 0 Å². The highest BCUT2D eigenvalue weighted by atomic mass is 32.3. The van der Waals surface area contributed by atoms with E-state index in [0.717, 1.165) is 4.90 Å². The first-order valence-corrected chi connectivity index (χ1v) is 11.2. The average Bonchev–Trinajstić information content (AvgIpc) is 2.74. The number of fused-ring (bicyclic) bond motifs is 1. The van der Waals surface area contributed by atoms with Crippen molar-refractivity contribution < 1.29 is 39.9 Å². The van der Waals surface area contributed by atoms with Crippen LogP contribution in [0.3, 0.4) is 0 Å². The number of hydrogen-bond donors (Lipinski definition) is 1. The van der Waals surface area contributed by atoms with Gasteiger partial charge in [0.05, 0.1) is 17.3 Å². The summed E-state index contributed by atoms with van der Waals surface area (Å²) in [6, 6.07) is 7.37. The quantitative estimate of drug-likeness (QED) is 0.369. The van der Waals surface area contributed by atoms with E-state index in [1.54, 1.807) is 30.3 Å². The molecule has 1 N–H and O–H groups in total. The van der Waals surface area contributed by atoms with Crippen molar-refractivity contribution in [1.82, 2.24) is 4.90 Å². The largest absolute Gasteiger partial charge is 0.459 e. The Morgan fingerprint density at radius 1 is 1.25 bits per heavy atom. The van der Waals surface area contributed by atoms with Crippen molar-refractivity contribution >= 4 is 32.1 Å². The van der Waals surface area contributed by atoms with Gasteiger partial charge in [-0.15, -0.1) is 0 Å². The van der Waals surface area contributed by atoms with E-state index in [9.17, 15) is 26.4 Å². The fourth-order valence-electron chi connectivity index (χ4n) is 3.51. The molecule has 1 amide bonds. The van der Waals surface area contributed by atoms with Crippen LogP contribution in [-0.2, 0) is 45.4 Å². The molecule has 1 aromatic rings. The van der Waals surface area contributed by atoms with Crippen LogP contribution in [0, 0.1) is 5.92 Å². The highest BCUT2D eigenvalue weighted by Gasteiger charge is 2.72. The zero-order chi connectivity index (χ0) is 20.9. The summed E-state index contributed by atoms with van der Waals surface area (Å²) in [5, 5.41) is -1.42. The molecule has 28 heavy (non-hydrogen) atoms. The third kappa shape index (κ3) is 3.30. The maximum absolute atomic E-state index is 12.9.